The molecule has 1 amide bonds. The Kier molecular flexibility index (Phi) is 6.55. The molecule has 21 heavy (non-hydrogen) atoms. The molecule has 0 bridgehead atoms. The topological polar surface area (TPSA) is 64.3 Å². The first-order valence-corrected chi connectivity index (χ1v) is 8.43. The minimum absolute atomic E-state index is 0.00666. The summed E-state index contributed by atoms with van der Waals surface area (Å²) in [6.07, 6.45) is 2.66. The highest BCUT2D eigenvalue weighted by atomic mass is 32.2. The third-order valence-electron chi connectivity index (χ3n) is 3.29. The van der Waals surface area contributed by atoms with Gasteiger partial charge in [0.05, 0.1) is 18.8 Å². The highest BCUT2D eigenvalue weighted by Gasteiger charge is 2.19. The van der Waals surface area contributed by atoms with Crippen LogP contribution in [-0.4, -0.2) is 31.1 Å². The summed E-state index contributed by atoms with van der Waals surface area (Å²) in [4.78, 5) is 12.1. The Morgan fingerprint density at radius 2 is 2.10 bits per heavy atom. The third-order valence-corrected chi connectivity index (χ3v) is 3.94. The standard InChI is InChI=1S/C16H26N2O2S/c1-16(2,3)11-6-7-14(20-4)13(10-11)18-15(19)12(17)8-9-21-5/h6-7,10,12H,8-9,17H2,1-5H3,(H,18,19)/t12-/m1/s1. The van der Waals surface area contributed by atoms with Gasteiger partial charge in [0.2, 0.25) is 5.91 Å². The molecule has 3 N–H and O–H groups in total. The van der Waals surface area contributed by atoms with Gasteiger partial charge in [0.25, 0.3) is 0 Å². The molecule has 0 fully saturated rings. The summed E-state index contributed by atoms with van der Waals surface area (Å²) in [5.41, 5.74) is 7.72. The van der Waals surface area contributed by atoms with Crippen molar-refractivity contribution in [3.05, 3.63) is 23.8 Å². The van der Waals surface area contributed by atoms with Gasteiger partial charge >= 0.3 is 0 Å². The maximum atomic E-state index is 12.1. The number of carbonyl (C=O) groups is 1. The van der Waals surface area contributed by atoms with Gasteiger partial charge in [-0.15, -0.1) is 0 Å². The van der Waals surface area contributed by atoms with Gasteiger partial charge < -0.3 is 15.8 Å². The summed E-state index contributed by atoms with van der Waals surface area (Å²) < 4.78 is 5.32. The van der Waals surface area contributed by atoms with E-state index in [9.17, 15) is 4.79 Å². The number of anilines is 1. The van der Waals surface area contributed by atoms with Crippen LogP contribution in [-0.2, 0) is 10.2 Å². The molecule has 1 aromatic carbocycles. The van der Waals surface area contributed by atoms with Crippen molar-refractivity contribution in [3.63, 3.8) is 0 Å². The van der Waals surface area contributed by atoms with E-state index in [2.05, 4.69) is 26.1 Å². The van der Waals surface area contributed by atoms with Crippen molar-refractivity contribution in [1.82, 2.24) is 0 Å². The van der Waals surface area contributed by atoms with E-state index < -0.39 is 6.04 Å². The molecule has 0 radical (unpaired) electrons. The highest BCUT2D eigenvalue weighted by Crippen LogP contribution is 2.31. The molecule has 0 aliphatic carbocycles. The molecule has 1 aromatic rings. The molecule has 4 nitrogen and oxygen atoms in total. The van der Waals surface area contributed by atoms with Crippen LogP contribution < -0.4 is 15.8 Å². The zero-order chi connectivity index (χ0) is 16.0. The summed E-state index contributed by atoms with van der Waals surface area (Å²) >= 11 is 1.68. The van der Waals surface area contributed by atoms with Crippen LogP contribution in [0.4, 0.5) is 5.69 Å². The Morgan fingerprint density at radius 3 is 2.62 bits per heavy atom. The number of thioether (sulfide) groups is 1. The molecule has 0 spiro atoms. The molecule has 1 rings (SSSR count). The van der Waals surface area contributed by atoms with Gasteiger partial charge in [-0.2, -0.15) is 11.8 Å². The van der Waals surface area contributed by atoms with Crippen LogP contribution in [0.15, 0.2) is 18.2 Å². The SMILES string of the molecule is COc1ccc(C(C)(C)C)cc1NC(=O)[C@H](N)CCSC. The van der Waals surface area contributed by atoms with Crippen LogP contribution in [0.2, 0.25) is 0 Å². The Labute approximate surface area is 131 Å². The van der Waals surface area contributed by atoms with E-state index >= 15 is 0 Å². The minimum Gasteiger partial charge on any atom is -0.495 e. The zero-order valence-corrected chi connectivity index (χ0v) is 14.3. The second kappa shape index (κ2) is 7.71. The van der Waals surface area contributed by atoms with Crippen molar-refractivity contribution >= 4 is 23.4 Å². The zero-order valence-electron chi connectivity index (χ0n) is 13.5. The van der Waals surface area contributed by atoms with E-state index in [0.717, 1.165) is 11.3 Å². The summed E-state index contributed by atoms with van der Waals surface area (Å²) in [5, 5.41) is 2.88. The number of benzene rings is 1. The normalized spacial score (nSPS) is 12.9. The number of amides is 1. The molecular formula is C16H26N2O2S. The summed E-state index contributed by atoms with van der Waals surface area (Å²) in [7, 11) is 1.59. The Balaban J connectivity index is 2.92. The maximum absolute atomic E-state index is 12.1. The molecule has 0 aromatic heterocycles. The molecule has 0 unspecified atom stereocenters. The molecule has 1 atom stereocenters. The fourth-order valence-corrected chi connectivity index (χ4v) is 2.36. The van der Waals surface area contributed by atoms with Crippen molar-refractivity contribution < 1.29 is 9.53 Å². The van der Waals surface area contributed by atoms with Crippen molar-refractivity contribution in [2.24, 2.45) is 5.73 Å². The van der Waals surface area contributed by atoms with Crippen molar-refractivity contribution in [2.45, 2.75) is 38.6 Å². The Morgan fingerprint density at radius 1 is 1.43 bits per heavy atom. The molecule has 0 aliphatic rings. The van der Waals surface area contributed by atoms with Crippen molar-refractivity contribution in [2.75, 3.05) is 24.4 Å². The fourth-order valence-electron chi connectivity index (χ4n) is 1.87. The van der Waals surface area contributed by atoms with E-state index in [1.54, 1.807) is 18.9 Å². The molecule has 118 valence electrons. The van der Waals surface area contributed by atoms with Crippen molar-refractivity contribution in [3.8, 4) is 5.75 Å². The lowest BCUT2D eigenvalue weighted by molar-refractivity contribution is -0.117. The number of rotatable bonds is 6. The van der Waals surface area contributed by atoms with Crippen LogP contribution in [0.25, 0.3) is 0 Å². The monoisotopic (exact) mass is 310 g/mol. The summed E-state index contributed by atoms with van der Waals surface area (Å²) in [5.74, 6) is 1.34. The second-order valence-electron chi connectivity index (χ2n) is 6.04. The summed E-state index contributed by atoms with van der Waals surface area (Å²) in [6.45, 7) is 6.39. The average Bonchev–Trinajstić information content (AvgIpc) is 2.43. The van der Waals surface area contributed by atoms with E-state index in [0.29, 0.717) is 17.9 Å². The first-order chi connectivity index (χ1) is 9.79. The van der Waals surface area contributed by atoms with Crippen LogP contribution in [0.5, 0.6) is 5.75 Å². The highest BCUT2D eigenvalue weighted by molar-refractivity contribution is 7.98. The first kappa shape index (κ1) is 17.9. The Bertz CT molecular complexity index is 484. The average molecular weight is 310 g/mol. The van der Waals surface area contributed by atoms with Crippen LogP contribution in [0.3, 0.4) is 0 Å². The lowest BCUT2D eigenvalue weighted by Crippen LogP contribution is -2.36. The van der Waals surface area contributed by atoms with Crippen LogP contribution in [0, 0.1) is 0 Å². The third kappa shape index (κ3) is 5.25. The van der Waals surface area contributed by atoms with Crippen LogP contribution >= 0.6 is 11.8 Å². The number of nitrogens with two attached hydrogens (primary N) is 1. The van der Waals surface area contributed by atoms with Crippen LogP contribution in [0.1, 0.15) is 32.8 Å². The van der Waals surface area contributed by atoms with Gasteiger partial charge in [-0.05, 0) is 41.5 Å². The molecule has 0 aliphatic heterocycles. The lowest BCUT2D eigenvalue weighted by atomic mass is 9.87. The predicted octanol–water partition coefficient (Wildman–Crippen LogP) is 3.01. The van der Waals surface area contributed by atoms with E-state index in [4.69, 9.17) is 10.5 Å². The largest absolute Gasteiger partial charge is 0.495 e. The maximum Gasteiger partial charge on any atom is 0.241 e. The number of nitrogens with one attached hydrogen (secondary N) is 1. The number of methoxy groups -OCH3 is 1. The van der Waals surface area contributed by atoms with Gasteiger partial charge in [0.1, 0.15) is 5.75 Å². The van der Waals surface area contributed by atoms with Gasteiger partial charge in [-0.25, -0.2) is 0 Å². The fraction of sp³-hybridized carbons (Fsp3) is 0.562. The van der Waals surface area contributed by atoms with E-state index in [1.807, 2.05) is 24.5 Å². The summed E-state index contributed by atoms with van der Waals surface area (Å²) in [6, 6.07) is 5.35. The second-order valence-corrected chi connectivity index (χ2v) is 7.03. The molecule has 0 saturated carbocycles. The van der Waals surface area contributed by atoms with Gasteiger partial charge in [0, 0.05) is 0 Å². The molecular weight excluding hydrogens is 284 g/mol. The Hall–Kier alpha value is -1.20. The molecule has 0 heterocycles. The molecule has 0 saturated heterocycles. The minimum atomic E-state index is -0.500. The lowest BCUT2D eigenvalue weighted by Gasteiger charge is -2.22. The van der Waals surface area contributed by atoms with Gasteiger partial charge in [-0.1, -0.05) is 26.8 Å². The van der Waals surface area contributed by atoms with Gasteiger partial charge in [-0.3, -0.25) is 4.79 Å². The van der Waals surface area contributed by atoms with Gasteiger partial charge in [0.15, 0.2) is 0 Å². The van der Waals surface area contributed by atoms with E-state index in [1.165, 1.54) is 0 Å². The quantitative estimate of drug-likeness (QED) is 0.848. The van der Waals surface area contributed by atoms with Crippen molar-refractivity contribution in [1.29, 1.82) is 0 Å². The number of carbonyl (C=O) groups excluding carboxylic acids is 1. The number of hydrogen-bond acceptors (Lipinski definition) is 4. The van der Waals surface area contributed by atoms with E-state index in [-0.39, 0.29) is 11.3 Å². The first-order valence-electron chi connectivity index (χ1n) is 7.03. The predicted molar refractivity (Wildman–Crippen MR) is 91.3 cm³/mol. The molecule has 5 heteroatoms. The smallest absolute Gasteiger partial charge is 0.241 e. The number of hydrogen-bond donors (Lipinski definition) is 2. The number of ether oxygens (including phenoxy) is 1.